The Morgan fingerprint density at radius 3 is 2.25 bits per heavy atom. The van der Waals surface area contributed by atoms with Crippen LogP contribution in [0.1, 0.15) is 31.7 Å². The molecule has 2 rings (SSSR count). The smallest absolute Gasteiger partial charge is 0.119 e. The monoisotopic (exact) mass is 324 g/mol. The maximum atomic E-state index is 12.7. The third-order valence-electron chi connectivity index (χ3n) is 3.75. The summed E-state index contributed by atoms with van der Waals surface area (Å²) < 4.78 is 18.2. The lowest BCUT2D eigenvalue weighted by molar-refractivity contribution is 0.335. The second-order valence-corrected chi connectivity index (χ2v) is 5.86. The lowest BCUT2D eigenvalue weighted by atomic mass is 10.0. The van der Waals surface area contributed by atoms with Gasteiger partial charge < -0.3 is 4.74 Å². The maximum Gasteiger partial charge on any atom is 0.119 e. The Morgan fingerprint density at radius 1 is 1.04 bits per heavy atom. The lowest BCUT2D eigenvalue weighted by Gasteiger charge is -2.06. The van der Waals surface area contributed by atoms with Crippen molar-refractivity contribution in [2.75, 3.05) is 6.61 Å². The average molecular weight is 324 g/mol. The standard InChI is InChI=1S/C22H25FO/c1-3-17-24-22-15-13-21(14-16-22)20-11-9-19(10-12-20)8-6-4-5-7-18(2)23/h3,6,8-16,18H,1,4-5,7,17H2,2H3. The SMILES string of the molecule is C=CCOc1ccc(-c2ccc(C=CCCCC(C)F)cc2)cc1. The van der Waals surface area contributed by atoms with Crippen molar-refractivity contribution in [3.05, 3.63) is 72.8 Å². The molecule has 2 aromatic rings. The van der Waals surface area contributed by atoms with Crippen molar-refractivity contribution < 1.29 is 9.13 Å². The Morgan fingerprint density at radius 2 is 1.67 bits per heavy atom. The molecule has 126 valence electrons. The Balaban J connectivity index is 1.91. The summed E-state index contributed by atoms with van der Waals surface area (Å²) in [6.07, 6.45) is 7.69. The van der Waals surface area contributed by atoms with E-state index < -0.39 is 6.17 Å². The molecule has 0 aliphatic heterocycles. The Bertz CT molecular complexity index is 639. The molecule has 0 aliphatic carbocycles. The fourth-order valence-electron chi connectivity index (χ4n) is 2.42. The van der Waals surface area contributed by atoms with Crippen LogP contribution in [0, 0.1) is 0 Å². The highest BCUT2D eigenvalue weighted by atomic mass is 19.1. The first-order valence-electron chi connectivity index (χ1n) is 8.44. The third kappa shape index (κ3) is 6.04. The highest BCUT2D eigenvalue weighted by molar-refractivity contribution is 5.66. The van der Waals surface area contributed by atoms with Crippen LogP contribution in [0.4, 0.5) is 4.39 Å². The van der Waals surface area contributed by atoms with Gasteiger partial charge in [-0.2, -0.15) is 0 Å². The van der Waals surface area contributed by atoms with Gasteiger partial charge in [-0.3, -0.25) is 0 Å². The van der Waals surface area contributed by atoms with Gasteiger partial charge in [0.15, 0.2) is 0 Å². The van der Waals surface area contributed by atoms with Gasteiger partial charge in [0, 0.05) is 0 Å². The minimum atomic E-state index is -0.703. The summed E-state index contributed by atoms with van der Waals surface area (Å²) in [5.74, 6) is 0.848. The van der Waals surface area contributed by atoms with Crippen LogP contribution in [-0.4, -0.2) is 12.8 Å². The summed E-state index contributed by atoms with van der Waals surface area (Å²) in [5.41, 5.74) is 3.50. The maximum absolute atomic E-state index is 12.7. The lowest BCUT2D eigenvalue weighted by Crippen LogP contribution is -1.92. The minimum absolute atomic E-state index is 0.518. The fourth-order valence-corrected chi connectivity index (χ4v) is 2.42. The Kier molecular flexibility index (Phi) is 7.28. The molecule has 1 nitrogen and oxygen atoms in total. The van der Waals surface area contributed by atoms with E-state index in [2.05, 4.69) is 55.1 Å². The molecular formula is C22H25FO. The van der Waals surface area contributed by atoms with E-state index in [1.54, 1.807) is 13.0 Å². The van der Waals surface area contributed by atoms with Gasteiger partial charge in [0.25, 0.3) is 0 Å². The molecule has 0 spiro atoms. The molecule has 1 atom stereocenters. The molecule has 0 aliphatic rings. The van der Waals surface area contributed by atoms with E-state index in [0.717, 1.165) is 29.7 Å². The highest BCUT2D eigenvalue weighted by Gasteiger charge is 1.99. The van der Waals surface area contributed by atoms with Crippen LogP contribution in [0.15, 0.2) is 67.3 Å². The largest absolute Gasteiger partial charge is 0.490 e. The van der Waals surface area contributed by atoms with E-state index in [1.807, 2.05) is 12.1 Å². The fraction of sp³-hybridized carbons (Fsp3) is 0.273. The number of allylic oxidation sites excluding steroid dienone is 1. The molecule has 24 heavy (non-hydrogen) atoms. The van der Waals surface area contributed by atoms with Crippen LogP contribution >= 0.6 is 0 Å². The molecule has 1 unspecified atom stereocenters. The number of ether oxygens (including phenoxy) is 1. The zero-order valence-electron chi connectivity index (χ0n) is 14.2. The van der Waals surface area contributed by atoms with Crippen LogP contribution < -0.4 is 4.74 Å². The molecule has 0 saturated carbocycles. The van der Waals surface area contributed by atoms with Gasteiger partial charge in [-0.05, 0) is 55.0 Å². The molecule has 0 heterocycles. The summed E-state index contributed by atoms with van der Waals surface area (Å²) in [5, 5.41) is 0. The van der Waals surface area contributed by atoms with Gasteiger partial charge in [-0.15, -0.1) is 0 Å². The average Bonchev–Trinajstić information content (AvgIpc) is 2.60. The third-order valence-corrected chi connectivity index (χ3v) is 3.75. The first kappa shape index (κ1) is 18.0. The van der Waals surface area contributed by atoms with E-state index >= 15 is 0 Å². The van der Waals surface area contributed by atoms with Crippen LogP contribution in [0.3, 0.4) is 0 Å². The van der Waals surface area contributed by atoms with Crippen molar-refractivity contribution in [1.82, 2.24) is 0 Å². The van der Waals surface area contributed by atoms with Gasteiger partial charge in [0.1, 0.15) is 12.4 Å². The Hall–Kier alpha value is -2.35. The summed E-state index contributed by atoms with van der Waals surface area (Å²) in [7, 11) is 0. The summed E-state index contributed by atoms with van der Waals surface area (Å²) in [6.45, 7) is 5.77. The number of halogens is 1. The van der Waals surface area contributed by atoms with E-state index in [1.165, 1.54) is 5.56 Å². The number of hydrogen-bond donors (Lipinski definition) is 0. The van der Waals surface area contributed by atoms with Crippen LogP contribution in [0.25, 0.3) is 17.2 Å². The summed E-state index contributed by atoms with van der Waals surface area (Å²) in [6, 6.07) is 16.5. The van der Waals surface area contributed by atoms with Crippen LogP contribution in [0.2, 0.25) is 0 Å². The zero-order chi connectivity index (χ0) is 17.2. The second-order valence-electron chi connectivity index (χ2n) is 5.86. The molecule has 0 radical (unpaired) electrons. The predicted molar refractivity (Wildman–Crippen MR) is 101 cm³/mol. The summed E-state index contributed by atoms with van der Waals surface area (Å²) in [4.78, 5) is 0. The normalized spacial score (nSPS) is 12.2. The van der Waals surface area contributed by atoms with Crippen LogP contribution in [-0.2, 0) is 0 Å². The first-order valence-corrected chi connectivity index (χ1v) is 8.44. The number of hydrogen-bond acceptors (Lipinski definition) is 1. The van der Waals surface area contributed by atoms with E-state index in [-0.39, 0.29) is 0 Å². The second kappa shape index (κ2) is 9.71. The molecule has 2 heteroatoms. The van der Waals surface area contributed by atoms with Gasteiger partial charge >= 0.3 is 0 Å². The predicted octanol–water partition coefficient (Wildman–Crippen LogP) is 6.46. The quantitative estimate of drug-likeness (QED) is 0.380. The van der Waals surface area contributed by atoms with Gasteiger partial charge in [-0.1, -0.05) is 61.2 Å². The molecule has 0 fully saturated rings. The first-order chi connectivity index (χ1) is 11.7. The van der Waals surface area contributed by atoms with Gasteiger partial charge in [0.05, 0.1) is 6.17 Å². The highest BCUT2D eigenvalue weighted by Crippen LogP contribution is 2.23. The van der Waals surface area contributed by atoms with Crippen LogP contribution in [0.5, 0.6) is 5.75 Å². The topological polar surface area (TPSA) is 9.23 Å². The van der Waals surface area contributed by atoms with E-state index in [4.69, 9.17) is 4.74 Å². The number of unbranched alkanes of at least 4 members (excludes halogenated alkanes) is 1. The molecule has 0 aromatic heterocycles. The van der Waals surface area contributed by atoms with Crippen molar-refractivity contribution in [2.24, 2.45) is 0 Å². The van der Waals surface area contributed by atoms with Gasteiger partial charge in [0.2, 0.25) is 0 Å². The molecular weight excluding hydrogens is 299 g/mol. The number of alkyl halides is 1. The summed E-state index contributed by atoms with van der Waals surface area (Å²) >= 11 is 0. The molecule has 2 aromatic carbocycles. The van der Waals surface area contributed by atoms with Crippen molar-refractivity contribution in [3.8, 4) is 16.9 Å². The zero-order valence-corrected chi connectivity index (χ0v) is 14.2. The Labute approximate surface area is 144 Å². The number of rotatable bonds is 9. The van der Waals surface area contributed by atoms with E-state index in [9.17, 15) is 4.39 Å². The van der Waals surface area contributed by atoms with Crippen molar-refractivity contribution in [1.29, 1.82) is 0 Å². The molecule has 0 amide bonds. The molecule has 0 N–H and O–H groups in total. The van der Waals surface area contributed by atoms with E-state index in [0.29, 0.717) is 13.0 Å². The van der Waals surface area contributed by atoms with Crippen molar-refractivity contribution in [3.63, 3.8) is 0 Å². The van der Waals surface area contributed by atoms with Gasteiger partial charge in [-0.25, -0.2) is 4.39 Å². The number of benzene rings is 2. The molecule has 0 saturated heterocycles. The minimum Gasteiger partial charge on any atom is -0.490 e. The van der Waals surface area contributed by atoms with Crippen molar-refractivity contribution >= 4 is 6.08 Å². The van der Waals surface area contributed by atoms with Crippen molar-refractivity contribution in [2.45, 2.75) is 32.4 Å². The molecule has 0 bridgehead atoms.